The van der Waals surface area contributed by atoms with Crippen LogP contribution >= 0.6 is 0 Å². The summed E-state index contributed by atoms with van der Waals surface area (Å²) in [5.74, 6) is 1.88. The van der Waals surface area contributed by atoms with Gasteiger partial charge in [0.25, 0.3) is 5.91 Å². The zero-order valence-corrected chi connectivity index (χ0v) is 8.24. The minimum Gasteiger partial charge on any atom is -0.313 e. The van der Waals surface area contributed by atoms with Gasteiger partial charge in [0.05, 0.1) is 11.9 Å². The van der Waals surface area contributed by atoms with Crippen LogP contribution in [-0.2, 0) is 4.79 Å². The van der Waals surface area contributed by atoms with Crippen molar-refractivity contribution in [2.45, 2.75) is 19.8 Å². The van der Waals surface area contributed by atoms with E-state index in [1.807, 2.05) is 25.8 Å². The van der Waals surface area contributed by atoms with Crippen molar-refractivity contribution in [3.8, 4) is 12.3 Å². The molecule has 1 rings (SSSR count). The molecule has 0 fully saturated rings. The maximum absolute atomic E-state index is 11.0. The fourth-order valence-electron chi connectivity index (χ4n) is 1.17. The molecule has 0 saturated carbocycles. The Morgan fingerprint density at radius 3 is 2.93 bits per heavy atom. The predicted molar refractivity (Wildman–Crippen MR) is 55.8 cm³/mol. The Hall–Kier alpha value is -1.82. The average Bonchev–Trinajstić information content (AvgIpc) is 2.18. The summed E-state index contributed by atoms with van der Waals surface area (Å²) < 4.78 is 0. The minimum atomic E-state index is -0.445. The topological polar surface area (TPSA) is 42.0 Å². The van der Waals surface area contributed by atoms with Crippen LogP contribution in [0.3, 0.4) is 0 Å². The van der Waals surface area contributed by atoms with Crippen LogP contribution in [0.5, 0.6) is 0 Å². The van der Waals surface area contributed by atoms with Gasteiger partial charge in [-0.3, -0.25) is 9.78 Å². The summed E-state index contributed by atoms with van der Waals surface area (Å²) in [5.41, 5.74) is 1.72. The first-order valence-corrected chi connectivity index (χ1v) is 4.36. The number of pyridine rings is 1. The van der Waals surface area contributed by atoms with Crippen molar-refractivity contribution >= 4 is 11.6 Å². The van der Waals surface area contributed by atoms with Gasteiger partial charge < -0.3 is 5.32 Å². The van der Waals surface area contributed by atoms with Crippen LogP contribution in [-0.4, -0.2) is 10.9 Å². The molecule has 0 aliphatic rings. The molecule has 0 spiro atoms. The van der Waals surface area contributed by atoms with E-state index >= 15 is 0 Å². The molecule has 1 heterocycles. The Balaban J connectivity index is 2.97. The highest BCUT2D eigenvalue weighted by Gasteiger charge is 2.07. The molecule has 0 unspecified atom stereocenters. The number of hydrogen-bond acceptors (Lipinski definition) is 2. The maximum Gasteiger partial charge on any atom is 0.300 e. The summed E-state index contributed by atoms with van der Waals surface area (Å²) >= 11 is 0. The molecule has 0 bridgehead atoms. The fraction of sp³-hybridized carbons (Fsp3) is 0.273. The molecule has 1 N–H and O–H groups in total. The predicted octanol–water partition coefficient (Wildman–Crippen LogP) is 1.78. The van der Waals surface area contributed by atoms with Crippen LogP contribution in [0.1, 0.15) is 25.3 Å². The van der Waals surface area contributed by atoms with Crippen molar-refractivity contribution in [1.82, 2.24) is 4.98 Å². The van der Waals surface area contributed by atoms with Crippen molar-refractivity contribution in [2.24, 2.45) is 0 Å². The van der Waals surface area contributed by atoms with Gasteiger partial charge in [-0.2, -0.15) is 0 Å². The molecule has 0 aliphatic heterocycles. The second-order valence-corrected chi connectivity index (χ2v) is 3.22. The van der Waals surface area contributed by atoms with Gasteiger partial charge in [0, 0.05) is 6.20 Å². The minimum absolute atomic E-state index is 0.325. The summed E-state index contributed by atoms with van der Waals surface area (Å²) in [6.45, 7) is 4.09. The number of carbonyl (C=O) groups excluding carboxylic acids is 1. The second-order valence-electron chi connectivity index (χ2n) is 3.22. The SMILES string of the molecule is C#CC(=O)Nc1cnccc1C(C)C. The van der Waals surface area contributed by atoms with Crippen LogP contribution in [0, 0.1) is 12.3 Å². The second kappa shape index (κ2) is 4.43. The van der Waals surface area contributed by atoms with E-state index in [0.29, 0.717) is 11.6 Å². The molecule has 1 aromatic heterocycles. The summed E-state index contributed by atoms with van der Waals surface area (Å²) in [6, 6.07) is 1.87. The van der Waals surface area contributed by atoms with Gasteiger partial charge in [-0.15, -0.1) is 6.42 Å². The molecule has 0 atom stereocenters. The average molecular weight is 188 g/mol. The van der Waals surface area contributed by atoms with Crippen molar-refractivity contribution in [3.05, 3.63) is 24.0 Å². The van der Waals surface area contributed by atoms with Crippen molar-refractivity contribution in [2.75, 3.05) is 5.32 Å². The number of aromatic nitrogens is 1. The van der Waals surface area contributed by atoms with Gasteiger partial charge in [-0.25, -0.2) is 0 Å². The number of terminal acetylenes is 1. The number of nitrogens with one attached hydrogen (secondary N) is 1. The van der Waals surface area contributed by atoms with Crippen LogP contribution in [0.2, 0.25) is 0 Å². The molecular weight excluding hydrogens is 176 g/mol. The standard InChI is InChI=1S/C11H12N2O/c1-4-11(14)13-10-7-12-6-5-9(10)8(2)3/h1,5-8H,2-3H3,(H,13,14). The summed E-state index contributed by atoms with van der Waals surface area (Å²) in [7, 11) is 0. The first-order valence-electron chi connectivity index (χ1n) is 4.36. The third-order valence-corrected chi connectivity index (χ3v) is 1.86. The highest BCUT2D eigenvalue weighted by Crippen LogP contribution is 2.22. The van der Waals surface area contributed by atoms with Gasteiger partial charge in [-0.05, 0) is 23.5 Å². The molecule has 14 heavy (non-hydrogen) atoms. The highest BCUT2D eigenvalue weighted by atomic mass is 16.1. The molecule has 0 aliphatic carbocycles. The Kier molecular flexibility index (Phi) is 3.24. The Bertz CT molecular complexity index is 377. The van der Waals surface area contributed by atoms with Crippen LogP contribution < -0.4 is 5.32 Å². The first kappa shape index (κ1) is 10.3. The fourth-order valence-corrected chi connectivity index (χ4v) is 1.17. The third-order valence-electron chi connectivity index (χ3n) is 1.86. The number of anilines is 1. The molecule has 72 valence electrons. The normalized spacial score (nSPS) is 9.57. The monoisotopic (exact) mass is 188 g/mol. The number of carbonyl (C=O) groups is 1. The quantitative estimate of drug-likeness (QED) is 0.719. The van der Waals surface area contributed by atoms with Crippen molar-refractivity contribution in [1.29, 1.82) is 0 Å². The third kappa shape index (κ3) is 2.33. The van der Waals surface area contributed by atoms with E-state index in [-0.39, 0.29) is 0 Å². The van der Waals surface area contributed by atoms with Crippen molar-refractivity contribution in [3.63, 3.8) is 0 Å². The molecule has 1 amide bonds. The van der Waals surface area contributed by atoms with Gasteiger partial charge in [0.1, 0.15) is 0 Å². The molecule has 3 heteroatoms. The lowest BCUT2D eigenvalue weighted by atomic mass is 10.0. The molecular formula is C11H12N2O. The van der Waals surface area contributed by atoms with Crippen molar-refractivity contribution < 1.29 is 4.79 Å². The van der Waals surface area contributed by atoms with Crippen LogP contribution in [0.15, 0.2) is 18.5 Å². The molecule has 0 aromatic carbocycles. The molecule has 3 nitrogen and oxygen atoms in total. The lowest BCUT2D eigenvalue weighted by Crippen LogP contribution is -2.10. The van der Waals surface area contributed by atoms with Crippen LogP contribution in [0.4, 0.5) is 5.69 Å². The lowest BCUT2D eigenvalue weighted by molar-refractivity contribution is -0.111. The number of rotatable bonds is 2. The van der Waals surface area contributed by atoms with E-state index in [1.165, 1.54) is 0 Å². The lowest BCUT2D eigenvalue weighted by Gasteiger charge is -2.10. The van der Waals surface area contributed by atoms with E-state index < -0.39 is 5.91 Å². The Labute approximate surface area is 83.6 Å². The van der Waals surface area contributed by atoms with Crippen LogP contribution in [0.25, 0.3) is 0 Å². The van der Waals surface area contributed by atoms with E-state index in [1.54, 1.807) is 12.4 Å². The maximum atomic E-state index is 11.0. The van der Waals surface area contributed by atoms with E-state index in [9.17, 15) is 4.79 Å². The Morgan fingerprint density at radius 1 is 1.64 bits per heavy atom. The first-order chi connectivity index (χ1) is 6.65. The summed E-state index contributed by atoms with van der Waals surface area (Å²) in [6.07, 6.45) is 8.26. The van der Waals surface area contributed by atoms with E-state index in [2.05, 4.69) is 10.3 Å². The number of nitrogens with zero attached hydrogens (tertiary/aromatic N) is 1. The van der Waals surface area contributed by atoms with Gasteiger partial charge in [-0.1, -0.05) is 13.8 Å². The zero-order valence-electron chi connectivity index (χ0n) is 8.24. The molecule has 0 saturated heterocycles. The van der Waals surface area contributed by atoms with Gasteiger partial charge >= 0.3 is 0 Å². The van der Waals surface area contributed by atoms with E-state index in [0.717, 1.165) is 5.56 Å². The highest BCUT2D eigenvalue weighted by molar-refractivity contribution is 6.03. The smallest absolute Gasteiger partial charge is 0.300 e. The Morgan fingerprint density at radius 2 is 2.36 bits per heavy atom. The van der Waals surface area contributed by atoms with E-state index in [4.69, 9.17) is 6.42 Å². The summed E-state index contributed by atoms with van der Waals surface area (Å²) in [5, 5.41) is 2.60. The summed E-state index contributed by atoms with van der Waals surface area (Å²) in [4.78, 5) is 14.9. The van der Waals surface area contributed by atoms with Gasteiger partial charge in [0.2, 0.25) is 0 Å². The zero-order chi connectivity index (χ0) is 10.6. The largest absolute Gasteiger partial charge is 0.313 e. The molecule has 1 aromatic rings. The number of amides is 1. The number of hydrogen-bond donors (Lipinski definition) is 1. The molecule has 0 radical (unpaired) electrons. The van der Waals surface area contributed by atoms with Gasteiger partial charge in [0.15, 0.2) is 0 Å².